The third kappa shape index (κ3) is 4.04. The number of halogens is 1. The molecule has 9 heteroatoms. The van der Waals surface area contributed by atoms with Crippen molar-refractivity contribution in [2.24, 2.45) is 0 Å². The van der Waals surface area contributed by atoms with Crippen molar-refractivity contribution in [3.05, 3.63) is 53.4 Å². The van der Waals surface area contributed by atoms with Gasteiger partial charge in [-0.1, -0.05) is 28.9 Å². The van der Waals surface area contributed by atoms with Crippen LogP contribution in [0.5, 0.6) is 11.5 Å². The van der Waals surface area contributed by atoms with Gasteiger partial charge in [0.05, 0.1) is 19.2 Å². The van der Waals surface area contributed by atoms with Crippen LogP contribution in [0.3, 0.4) is 0 Å². The summed E-state index contributed by atoms with van der Waals surface area (Å²) in [6.45, 7) is 0.595. The molecule has 1 aliphatic heterocycles. The summed E-state index contributed by atoms with van der Waals surface area (Å²) >= 11 is 6.15. The summed E-state index contributed by atoms with van der Waals surface area (Å²) < 4.78 is 15.9. The van der Waals surface area contributed by atoms with Gasteiger partial charge in [0, 0.05) is 17.8 Å². The number of carbonyl (C=O) groups excluding carboxylic acids is 1. The third-order valence-electron chi connectivity index (χ3n) is 4.97. The normalized spacial score (nSPS) is 15.8. The zero-order valence-corrected chi connectivity index (χ0v) is 17.3. The standard InChI is InChI=1S/C21H21ClN4O4/c1-28-15-6-3-5-13(11-15)19-24-20(30-25-19)17-7-4-10-26(17)21(27)23-14-8-9-18(29-2)16(22)12-14/h3,5-6,8-9,11-12,17H,4,7,10H2,1-2H3,(H,23,27)/t17-/m1/s1. The Morgan fingerprint density at radius 1 is 1.23 bits per heavy atom. The maximum Gasteiger partial charge on any atom is 0.322 e. The highest BCUT2D eigenvalue weighted by Crippen LogP contribution is 2.33. The Bertz CT molecular complexity index is 1050. The maximum absolute atomic E-state index is 12.9. The Morgan fingerprint density at radius 2 is 2.10 bits per heavy atom. The van der Waals surface area contributed by atoms with Crippen molar-refractivity contribution >= 4 is 23.3 Å². The molecule has 1 fully saturated rings. The van der Waals surface area contributed by atoms with E-state index in [0.717, 1.165) is 18.4 Å². The van der Waals surface area contributed by atoms with Gasteiger partial charge in [-0.05, 0) is 43.2 Å². The lowest BCUT2D eigenvalue weighted by atomic mass is 10.2. The molecule has 1 N–H and O–H groups in total. The molecular formula is C21H21ClN4O4. The number of urea groups is 1. The van der Waals surface area contributed by atoms with Gasteiger partial charge in [-0.3, -0.25) is 0 Å². The second kappa shape index (κ2) is 8.62. The number of nitrogens with one attached hydrogen (secondary N) is 1. The minimum Gasteiger partial charge on any atom is -0.497 e. The topological polar surface area (TPSA) is 89.7 Å². The number of hydrogen-bond acceptors (Lipinski definition) is 6. The fourth-order valence-corrected chi connectivity index (χ4v) is 3.71. The van der Waals surface area contributed by atoms with E-state index in [1.54, 1.807) is 37.3 Å². The molecule has 1 aliphatic rings. The highest BCUT2D eigenvalue weighted by Gasteiger charge is 2.34. The number of methoxy groups -OCH3 is 2. The third-order valence-corrected chi connectivity index (χ3v) is 5.27. The lowest BCUT2D eigenvalue weighted by Crippen LogP contribution is -2.34. The van der Waals surface area contributed by atoms with Crippen molar-refractivity contribution in [1.29, 1.82) is 0 Å². The van der Waals surface area contributed by atoms with E-state index in [1.807, 2.05) is 24.3 Å². The second-order valence-corrected chi connectivity index (χ2v) is 7.23. The van der Waals surface area contributed by atoms with Crippen LogP contribution in [0.25, 0.3) is 11.4 Å². The van der Waals surface area contributed by atoms with E-state index < -0.39 is 0 Å². The van der Waals surface area contributed by atoms with Gasteiger partial charge in [-0.15, -0.1) is 0 Å². The summed E-state index contributed by atoms with van der Waals surface area (Å²) in [4.78, 5) is 19.1. The first-order valence-electron chi connectivity index (χ1n) is 9.48. The van der Waals surface area contributed by atoms with Crippen LogP contribution in [-0.2, 0) is 0 Å². The van der Waals surface area contributed by atoms with E-state index >= 15 is 0 Å². The van der Waals surface area contributed by atoms with Crippen LogP contribution in [0.2, 0.25) is 5.02 Å². The first-order valence-corrected chi connectivity index (χ1v) is 9.86. The van der Waals surface area contributed by atoms with Gasteiger partial charge < -0.3 is 24.2 Å². The first-order chi connectivity index (χ1) is 14.6. The summed E-state index contributed by atoms with van der Waals surface area (Å²) in [5.41, 5.74) is 1.37. The van der Waals surface area contributed by atoms with E-state index in [0.29, 0.717) is 40.5 Å². The number of rotatable bonds is 5. The van der Waals surface area contributed by atoms with Crippen LogP contribution in [-0.4, -0.2) is 41.8 Å². The summed E-state index contributed by atoms with van der Waals surface area (Å²) in [5.74, 6) is 2.12. The van der Waals surface area contributed by atoms with Crippen molar-refractivity contribution in [2.45, 2.75) is 18.9 Å². The van der Waals surface area contributed by atoms with Gasteiger partial charge in [0.2, 0.25) is 11.7 Å². The highest BCUT2D eigenvalue weighted by molar-refractivity contribution is 6.32. The van der Waals surface area contributed by atoms with E-state index in [9.17, 15) is 4.79 Å². The molecule has 0 unspecified atom stereocenters. The van der Waals surface area contributed by atoms with Gasteiger partial charge in [-0.2, -0.15) is 4.98 Å². The van der Waals surface area contributed by atoms with E-state index in [-0.39, 0.29) is 12.1 Å². The molecule has 0 saturated carbocycles. The highest BCUT2D eigenvalue weighted by atomic mass is 35.5. The molecule has 2 amide bonds. The van der Waals surface area contributed by atoms with Crippen LogP contribution in [0.4, 0.5) is 10.5 Å². The molecule has 1 atom stereocenters. The van der Waals surface area contributed by atoms with Crippen LogP contribution in [0.1, 0.15) is 24.8 Å². The van der Waals surface area contributed by atoms with Gasteiger partial charge in [0.15, 0.2) is 0 Å². The van der Waals surface area contributed by atoms with E-state index in [4.69, 9.17) is 25.6 Å². The summed E-state index contributed by atoms with van der Waals surface area (Å²) in [6.07, 6.45) is 1.59. The zero-order chi connectivity index (χ0) is 21.1. The predicted octanol–water partition coefficient (Wildman–Crippen LogP) is 4.78. The zero-order valence-electron chi connectivity index (χ0n) is 16.6. The Kier molecular flexibility index (Phi) is 5.76. The lowest BCUT2D eigenvalue weighted by molar-refractivity contribution is 0.193. The molecule has 0 bridgehead atoms. The Morgan fingerprint density at radius 3 is 2.87 bits per heavy atom. The fourth-order valence-electron chi connectivity index (χ4n) is 3.46. The molecule has 3 aromatic rings. The van der Waals surface area contributed by atoms with Crippen molar-refractivity contribution in [2.75, 3.05) is 26.1 Å². The molecule has 156 valence electrons. The molecule has 1 aromatic heterocycles. The molecule has 0 radical (unpaired) electrons. The van der Waals surface area contributed by atoms with Crippen molar-refractivity contribution in [3.63, 3.8) is 0 Å². The minimum atomic E-state index is -0.287. The summed E-state index contributed by atoms with van der Waals surface area (Å²) in [5, 5.41) is 7.38. The predicted molar refractivity (Wildman–Crippen MR) is 112 cm³/mol. The van der Waals surface area contributed by atoms with E-state index in [2.05, 4.69) is 15.5 Å². The van der Waals surface area contributed by atoms with Crippen molar-refractivity contribution in [3.8, 4) is 22.9 Å². The molecule has 8 nitrogen and oxygen atoms in total. The van der Waals surface area contributed by atoms with Gasteiger partial charge in [0.1, 0.15) is 17.5 Å². The fraction of sp³-hybridized carbons (Fsp3) is 0.286. The number of carbonyl (C=O) groups is 1. The van der Waals surface area contributed by atoms with Crippen LogP contribution < -0.4 is 14.8 Å². The summed E-state index contributed by atoms with van der Waals surface area (Å²) in [6, 6.07) is 12.0. The maximum atomic E-state index is 12.9. The van der Waals surface area contributed by atoms with Crippen LogP contribution >= 0.6 is 11.6 Å². The Balaban J connectivity index is 1.50. The quantitative estimate of drug-likeness (QED) is 0.629. The lowest BCUT2D eigenvalue weighted by Gasteiger charge is -2.22. The minimum absolute atomic E-state index is 0.250. The molecule has 4 rings (SSSR count). The average Bonchev–Trinajstić information content (AvgIpc) is 3.43. The van der Waals surface area contributed by atoms with Gasteiger partial charge >= 0.3 is 6.03 Å². The number of anilines is 1. The van der Waals surface area contributed by atoms with Crippen LogP contribution in [0, 0.1) is 0 Å². The molecule has 0 aliphatic carbocycles. The van der Waals surface area contributed by atoms with Crippen LogP contribution in [0.15, 0.2) is 47.0 Å². The molecule has 30 heavy (non-hydrogen) atoms. The molecule has 1 saturated heterocycles. The van der Waals surface area contributed by atoms with Crippen molar-refractivity contribution < 1.29 is 18.8 Å². The Hall–Kier alpha value is -3.26. The smallest absolute Gasteiger partial charge is 0.322 e. The monoisotopic (exact) mass is 428 g/mol. The van der Waals surface area contributed by atoms with Crippen molar-refractivity contribution in [1.82, 2.24) is 15.0 Å². The Labute approximate surface area is 178 Å². The SMILES string of the molecule is COc1cccc(-c2noc([C@H]3CCCN3C(=O)Nc3ccc(OC)c(Cl)c3)n2)c1. The average molecular weight is 429 g/mol. The second-order valence-electron chi connectivity index (χ2n) is 6.82. The first kappa shape index (κ1) is 20.0. The number of benzene rings is 2. The van der Waals surface area contributed by atoms with E-state index in [1.165, 1.54) is 0 Å². The summed E-state index contributed by atoms with van der Waals surface area (Å²) in [7, 11) is 3.14. The van der Waals surface area contributed by atoms with Gasteiger partial charge in [-0.25, -0.2) is 4.79 Å². The molecule has 2 aromatic carbocycles. The molecule has 0 spiro atoms. The number of hydrogen-bond donors (Lipinski definition) is 1. The number of ether oxygens (including phenoxy) is 2. The molecular weight excluding hydrogens is 408 g/mol. The number of aromatic nitrogens is 2. The number of nitrogens with zero attached hydrogens (tertiary/aromatic N) is 3. The number of amides is 2. The molecule has 2 heterocycles. The van der Waals surface area contributed by atoms with Gasteiger partial charge in [0.25, 0.3) is 0 Å². The number of likely N-dealkylation sites (tertiary alicyclic amines) is 1. The largest absolute Gasteiger partial charge is 0.497 e.